The maximum atomic E-state index is 12.7. The minimum absolute atomic E-state index is 0.159. The quantitative estimate of drug-likeness (QED) is 0.891. The van der Waals surface area contributed by atoms with Gasteiger partial charge in [-0.25, -0.2) is 0 Å². The third kappa shape index (κ3) is 3.75. The number of aliphatic hydroxyl groups is 1. The predicted octanol–water partition coefficient (Wildman–Crippen LogP) is 2.91. The third-order valence-corrected chi connectivity index (χ3v) is 5.07. The molecule has 1 atom stereocenters. The highest BCUT2D eigenvalue weighted by Crippen LogP contribution is 2.40. The number of ether oxygens (including phenoxy) is 1. The van der Waals surface area contributed by atoms with E-state index in [2.05, 4.69) is 5.16 Å². The minimum Gasteiger partial charge on any atom is -0.491 e. The summed E-state index contributed by atoms with van der Waals surface area (Å²) in [6.45, 7) is 3.00. The number of carbonyl (C=O) groups is 1. The molecule has 26 heavy (non-hydrogen) atoms. The number of β-amino-alcohol motifs (C(OH)–C–C–N with tert-alkyl or cyclic N) is 1. The lowest BCUT2D eigenvalue weighted by atomic mass is 9.93. The Bertz CT molecular complexity index is 799. The summed E-state index contributed by atoms with van der Waals surface area (Å²) in [5, 5.41) is 14.8. The first-order valence-corrected chi connectivity index (χ1v) is 9.20. The van der Waals surface area contributed by atoms with E-state index in [0.29, 0.717) is 24.6 Å². The Hall–Kier alpha value is -2.34. The summed E-state index contributed by atoms with van der Waals surface area (Å²) in [6, 6.07) is 9.47. The highest BCUT2D eigenvalue weighted by Gasteiger charge is 2.37. The number of hydrogen-bond donors (Lipinski definition) is 1. The predicted molar refractivity (Wildman–Crippen MR) is 95.2 cm³/mol. The second-order valence-corrected chi connectivity index (χ2v) is 7.55. The van der Waals surface area contributed by atoms with E-state index in [1.54, 1.807) is 11.0 Å². The van der Waals surface area contributed by atoms with Crippen LogP contribution in [0.1, 0.15) is 53.4 Å². The smallest absolute Gasteiger partial charge is 0.276 e. The topological polar surface area (TPSA) is 75.8 Å². The molecule has 0 spiro atoms. The second-order valence-electron chi connectivity index (χ2n) is 7.55. The van der Waals surface area contributed by atoms with Crippen LogP contribution in [0.2, 0.25) is 0 Å². The molecule has 4 rings (SSSR count). The third-order valence-electron chi connectivity index (χ3n) is 5.07. The highest BCUT2D eigenvalue weighted by atomic mass is 16.5. The first-order valence-electron chi connectivity index (χ1n) is 9.20. The van der Waals surface area contributed by atoms with Crippen molar-refractivity contribution in [2.75, 3.05) is 19.7 Å². The average molecular weight is 356 g/mol. The van der Waals surface area contributed by atoms with Crippen molar-refractivity contribution in [1.29, 1.82) is 0 Å². The maximum Gasteiger partial charge on any atom is 0.276 e. The van der Waals surface area contributed by atoms with Crippen LogP contribution < -0.4 is 4.74 Å². The molecule has 1 aromatic carbocycles. The van der Waals surface area contributed by atoms with E-state index in [4.69, 9.17) is 9.26 Å². The molecule has 0 radical (unpaired) electrons. The van der Waals surface area contributed by atoms with Gasteiger partial charge in [0.15, 0.2) is 5.69 Å². The summed E-state index contributed by atoms with van der Waals surface area (Å²) in [6.07, 6.45) is 3.53. The van der Waals surface area contributed by atoms with Gasteiger partial charge in [-0.05, 0) is 50.3 Å². The van der Waals surface area contributed by atoms with Crippen LogP contribution in [0.15, 0.2) is 34.9 Å². The number of benzene rings is 1. The van der Waals surface area contributed by atoms with Crippen LogP contribution in [0.25, 0.3) is 0 Å². The summed E-state index contributed by atoms with van der Waals surface area (Å²) < 4.78 is 11.1. The molecule has 2 heterocycles. The molecule has 1 saturated carbocycles. The van der Waals surface area contributed by atoms with Crippen molar-refractivity contribution >= 4 is 5.91 Å². The fourth-order valence-corrected chi connectivity index (χ4v) is 3.44. The van der Waals surface area contributed by atoms with Crippen LogP contribution in [-0.2, 0) is 0 Å². The number of aryl methyl sites for hydroxylation is 1. The number of amides is 1. The molecule has 6 nitrogen and oxygen atoms in total. The summed E-state index contributed by atoms with van der Waals surface area (Å²) >= 11 is 0. The Morgan fingerprint density at radius 1 is 1.42 bits per heavy atom. The average Bonchev–Trinajstić information content (AvgIpc) is 3.37. The Morgan fingerprint density at radius 2 is 2.27 bits per heavy atom. The summed E-state index contributed by atoms with van der Waals surface area (Å²) in [7, 11) is 0. The van der Waals surface area contributed by atoms with Gasteiger partial charge in [-0.15, -0.1) is 0 Å². The maximum absolute atomic E-state index is 12.7. The lowest BCUT2D eigenvalue weighted by molar-refractivity contribution is -0.0533. The molecular formula is C20H24N2O4. The standard InChI is InChI=1S/C20H24N2O4/c1-14-4-2-5-16(10-14)25-13-20(24)8-3-9-22(12-20)19(23)17-11-18(26-21-17)15-6-7-15/h2,4-5,10-11,15,24H,3,6-9,12-13H2,1H3. The molecule has 1 aliphatic heterocycles. The molecule has 1 saturated heterocycles. The number of hydrogen-bond acceptors (Lipinski definition) is 5. The number of nitrogens with zero attached hydrogens (tertiary/aromatic N) is 2. The zero-order valence-electron chi connectivity index (χ0n) is 15.0. The van der Waals surface area contributed by atoms with Crippen molar-refractivity contribution in [2.45, 2.75) is 44.1 Å². The monoisotopic (exact) mass is 356 g/mol. The fraction of sp³-hybridized carbons (Fsp3) is 0.500. The van der Waals surface area contributed by atoms with Crippen LogP contribution in [0.3, 0.4) is 0 Å². The van der Waals surface area contributed by atoms with Crippen LogP contribution in [0, 0.1) is 6.92 Å². The van der Waals surface area contributed by atoms with Gasteiger partial charge in [-0.2, -0.15) is 0 Å². The molecule has 1 unspecified atom stereocenters. The Kier molecular flexibility index (Phi) is 4.44. The van der Waals surface area contributed by atoms with E-state index in [1.165, 1.54) is 0 Å². The van der Waals surface area contributed by atoms with Gasteiger partial charge < -0.3 is 19.3 Å². The van der Waals surface area contributed by atoms with Crippen molar-refractivity contribution in [3.8, 4) is 5.75 Å². The molecule has 6 heteroatoms. The SMILES string of the molecule is Cc1cccc(OCC2(O)CCCN(C(=O)c3cc(C4CC4)on3)C2)c1. The molecule has 1 N–H and O–H groups in total. The van der Waals surface area contributed by atoms with E-state index in [0.717, 1.165) is 36.3 Å². The number of piperidine rings is 1. The fourth-order valence-electron chi connectivity index (χ4n) is 3.44. The zero-order chi connectivity index (χ0) is 18.1. The van der Waals surface area contributed by atoms with E-state index in [-0.39, 0.29) is 19.1 Å². The first-order chi connectivity index (χ1) is 12.5. The van der Waals surface area contributed by atoms with Crippen molar-refractivity contribution < 1.29 is 19.2 Å². The summed E-state index contributed by atoms with van der Waals surface area (Å²) in [5.41, 5.74) is 0.379. The van der Waals surface area contributed by atoms with Gasteiger partial charge in [-0.3, -0.25) is 4.79 Å². The number of carbonyl (C=O) groups excluding carboxylic acids is 1. The van der Waals surface area contributed by atoms with E-state index in [1.807, 2.05) is 31.2 Å². The molecular weight excluding hydrogens is 332 g/mol. The highest BCUT2D eigenvalue weighted by molar-refractivity contribution is 5.92. The van der Waals surface area contributed by atoms with Crippen LogP contribution in [0.5, 0.6) is 5.75 Å². The second kappa shape index (κ2) is 6.76. The largest absolute Gasteiger partial charge is 0.491 e. The minimum atomic E-state index is -1.05. The summed E-state index contributed by atoms with van der Waals surface area (Å²) in [4.78, 5) is 14.4. The van der Waals surface area contributed by atoms with Gasteiger partial charge in [0.2, 0.25) is 0 Å². The molecule has 1 aliphatic carbocycles. The van der Waals surface area contributed by atoms with Gasteiger partial charge >= 0.3 is 0 Å². The molecule has 2 fully saturated rings. The first kappa shape index (κ1) is 17.1. The van der Waals surface area contributed by atoms with Crippen molar-refractivity contribution in [1.82, 2.24) is 10.1 Å². The van der Waals surface area contributed by atoms with Gasteiger partial charge in [-0.1, -0.05) is 17.3 Å². The number of rotatable bonds is 5. The van der Waals surface area contributed by atoms with Crippen LogP contribution in [0.4, 0.5) is 0 Å². The molecule has 2 aromatic rings. The molecule has 1 aromatic heterocycles. The van der Waals surface area contributed by atoms with Gasteiger partial charge in [0, 0.05) is 18.5 Å². The van der Waals surface area contributed by atoms with Crippen molar-refractivity contribution in [2.24, 2.45) is 0 Å². The van der Waals surface area contributed by atoms with E-state index < -0.39 is 5.60 Å². The zero-order valence-corrected chi connectivity index (χ0v) is 15.0. The van der Waals surface area contributed by atoms with E-state index in [9.17, 15) is 9.90 Å². The Balaban J connectivity index is 1.39. The van der Waals surface area contributed by atoms with Crippen molar-refractivity contribution in [3.05, 3.63) is 47.3 Å². The summed E-state index contributed by atoms with van der Waals surface area (Å²) in [5.74, 6) is 1.76. The van der Waals surface area contributed by atoms with Crippen LogP contribution in [-0.4, -0.2) is 46.4 Å². The molecule has 1 amide bonds. The molecule has 2 aliphatic rings. The molecule has 0 bridgehead atoms. The van der Waals surface area contributed by atoms with Gasteiger partial charge in [0.25, 0.3) is 5.91 Å². The number of likely N-dealkylation sites (tertiary alicyclic amines) is 1. The molecule has 138 valence electrons. The Morgan fingerprint density at radius 3 is 3.04 bits per heavy atom. The van der Waals surface area contributed by atoms with Crippen molar-refractivity contribution in [3.63, 3.8) is 0 Å². The van der Waals surface area contributed by atoms with E-state index >= 15 is 0 Å². The lowest BCUT2D eigenvalue weighted by Crippen LogP contribution is -2.53. The normalized spacial score (nSPS) is 23.1. The number of aromatic nitrogens is 1. The van der Waals surface area contributed by atoms with Crippen LogP contribution >= 0.6 is 0 Å². The lowest BCUT2D eigenvalue weighted by Gasteiger charge is -2.38. The van der Waals surface area contributed by atoms with Gasteiger partial charge in [0.05, 0.1) is 6.54 Å². The van der Waals surface area contributed by atoms with Gasteiger partial charge in [0.1, 0.15) is 23.7 Å². The Labute approximate surface area is 152 Å².